The quantitative estimate of drug-likeness (QED) is 0.649. The van der Waals surface area contributed by atoms with Gasteiger partial charge in [-0.05, 0) is 29.5 Å². The van der Waals surface area contributed by atoms with E-state index in [0.29, 0.717) is 5.75 Å². The Morgan fingerprint density at radius 2 is 1.43 bits per heavy atom. The van der Waals surface area contributed by atoms with Gasteiger partial charge in [-0.2, -0.15) is 0 Å². The normalized spacial score (nSPS) is 16.5. The van der Waals surface area contributed by atoms with Crippen molar-refractivity contribution in [2.75, 3.05) is 32.7 Å². The van der Waals surface area contributed by atoms with Crippen molar-refractivity contribution in [2.45, 2.75) is 65.8 Å². The van der Waals surface area contributed by atoms with Crippen LogP contribution in [0.2, 0.25) is 0 Å². The van der Waals surface area contributed by atoms with E-state index in [-0.39, 0.29) is 23.2 Å². The lowest BCUT2D eigenvalue weighted by molar-refractivity contribution is 0.132. The van der Waals surface area contributed by atoms with Crippen molar-refractivity contribution in [2.24, 2.45) is 0 Å². The lowest BCUT2D eigenvalue weighted by Gasteiger charge is -2.33. The summed E-state index contributed by atoms with van der Waals surface area (Å²) in [7, 11) is 0. The second-order valence-corrected chi connectivity index (χ2v) is 11.2. The standard InChI is InChI=1S/C24H37N3OS.ClH/c1-8-26-9-11-27(12-10-26)15-21-25-20(16-29-21)17-13-18(23(2,3)4)22(28)19(14-17)24(5,6)7;/h13-14,16,28H,8-12,15H2,1-7H3;1H. The average molecular weight is 452 g/mol. The predicted octanol–water partition coefficient (Wildman–Crippen LogP) is 5.67. The van der Waals surface area contributed by atoms with Gasteiger partial charge < -0.3 is 10.0 Å². The van der Waals surface area contributed by atoms with E-state index in [4.69, 9.17) is 4.98 Å². The Hall–Kier alpha value is -1.14. The zero-order valence-corrected chi connectivity index (χ0v) is 21.2. The van der Waals surface area contributed by atoms with Gasteiger partial charge in [-0.3, -0.25) is 4.90 Å². The van der Waals surface area contributed by atoms with Gasteiger partial charge >= 0.3 is 0 Å². The SMILES string of the molecule is CCN1CCN(Cc2nc(-c3cc(C(C)(C)C)c(O)c(C(C)(C)C)c3)cs2)CC1.Cl. The number of phenolic OH excluding ortho intramolecular Hbond substituents is 1. The van der Waals surface area contributed by atoms with Crippen LogP contribution in [0.25, 0.3) is 11.3 Å². The molecular formula is C24H38ClN3OS. The van der Waals surface area contributed by atoms with Crippen LogP contribution in [0.15, 0.2) is 17.5 Å². The van der Waals surface area contributed by atoms with Gasteiger partial charge in [0.05, 0.1) is 12.2 Å². The molecule has 4 nitrogen and oxygen atoms in total. The molecule has 1 saturated heterocycles. The minimum absolute atomic E-state index is 0. The molecule has 1 aliphatic heterocycles. The molecule has 168 valence electrons. The zero-order valence-electron chi connectivity index (χ0n) is 19.6. The molecule has 2 heterocycles. The Morgan fingerprint density at radius 1 is 0.933 bits per heavy atom. The zero-order chi connectivity index (χ0) is 21.4. The Labute approximate surface area is 192 Å². The summed E-state index contributed by atoms with van der Waals surface area (Å²) in [4.78, 5) is 9.98. The first-order valence-corrected chi connectivity index (χ1v) is 11.6. The van der Waals surface area contributed by atoms with Crippen LogP contribution in [0, 0.1) is 0 Å². The van der Waals surface area contributed by atoms with Crippen molar-refractivity contribution >= 4 is 23.7 Å². The molecule has 1 aromatic heterocycles. The highest BCUT2D eigenvalue weighted by atomic mass is 35.5. The molecule has 0 bridgehead atoms. The maximum absolute atomic E-state index is 11.0. The molecule has 0 spiro atoms. The molecule has 0 radical (unpaired) electrons. The van der Waals surface area contributed by atoms with Gasteiger partial charge in [0.15, 0.2) is 0 Å². The molecule has 1 fully saturated rings. The van der Waals surface area contributed by atoms with Crippen LogP contribution in [-0.4, -0.2) is 52.6 Å². The van der Waals surface area contributed by atoms with Crippen molar-refractivity contribution < 1.29 is 5.11 Å². The first-order chi connectivity index (χ1) is 13.5. The van der Waals surface area contributed by atoms with Crippen LogP contribution in [0.5, 0.6) is 5.75 Å². The fraction of sp³-hybridized carbons (Fsp3) is 0.625. The maximum Gasteiger partial charge on any atom is 0.123 e. The van der Waals surface area contributed by atoms with Crippen LogP contribution in [0.1, 0.15) is 64.6 Å². The molecule has 1 N–H and O–H groups in total. The van der Waals surface area contributed by atoms with Crippen molar-refractivity contribution in [3.8, 4) is 17.0 Å². The summed E-state index contributed by atoms with van der Waals surface area (Å²) in [5.74, 6) is 0.429. The number of rotatable bonds is 4. The lowest BCUT2D eigenvalue weighted by Crippen LogP contribution is -2.45. The van der Waals surface area contributed by atoms with E-state index in [1.807, 2.05) is 0 Å². The van der Waals surface area contributed by atoms with Crippen LogP contribution < -0.4 is 0 Å². The van der Waals surface area contributed by atoms with E-state index in [1.54, 1.807) is 11.3 Å². The minimum atomic E-state index is -0.127. The third-order valence-electron chi connectivity index (χ3n) is 5.84. The number of phenols is 1. The molecule has 6 heteroatoms. The molecular weight excluding hydrogens is 414 g/mol. The molecule has 30 heavy (non-hydrogen) atoms. The Morgan fingerprint density at radius 3 is 1.90 bits per heavy atom. The number of aromatic nitrogens is 1. The number of hydrogen-bond donors (Lipinski definition) is 1. The fourth-order valence-electron chi connectivity index (χ4n) is 3.90. The molecule has 0 atom stereocenters. The highest BCUT2D eigenvalue weighted by Gasteiger charge is 2.27. The number of halogens is 1. The van der Waals surface area contributed by atoms with Gasteiger partial charge in [0.1, 0.15) is 10.8 Å². The first kappa shape index (κ1) is 25.1. The summed E-state index contributed by atoms with van der Waals surface area (Å²) < 4.78 is 0. The van der Waals surface area contributed by atoms with E-state index in [2.05, 4.69) is 75.8 Å². The van der Waals surface area contributed by atoms with Gasteiger partial charge in [0, 0.05) is 48.2 Å². The van der Waals surface area contributed by atoms with E-state index in [1.165, 1.54) is 5.01 Å². The largest absolute Gasteiger partial charge is 0.507 e. The number of thiazole rings is 1. The van der Waals surface area contributed by atoms with Crippen LogP contribution in [-0.2, 0) is 17.4 Å². The van der Waals surface area contributed by atoms with Gasteiger partial charge in [-0.15, -0.1) is 23.7 Å². The molecule has 3 rings (SSSR count). The fourth-order valence-corrected chi connectivity index (χ4v) is 4.74. The molecule has 2 aromatic rings. The number of benzene rings is 1. The average Bonchev–Trinajstić information content (AvgIpc) is 3.09. The number of likely N-dealkylation sites (N-methyl/N-ethyl adjacent to an activating group) is 1. The summed E-state index contributed by atoms with van der Waals surface area (Å²) in [5.41, 5.74) is 3.86. The summed E-state index contributed by atoms with van der Waals surface area (Å²) in [5, 5.41) is 14.3. The molecule has 0 saturated carbocycles. The van der Waals surface area contributed by atoms with E-state index >= 15 is 0 Å². The predicted molar refractivity (Wildman–Crippen MR) is 131 cm³/mol. The van der Waals surface area contributed by atoms with Crippen molar-refractivity contribution in [3.05, 3.63) is 33.6 Å². The van der Waals surface area contributed by atoms with Gasteiger partial charge in [0.2, 0.25) is 0 Å². The van der Waals surface area contributed by atoms with Gasteiger partial charge in [-0.1, -0.05) is 48.5 Å². The molecule has 0 aliphatic carbocycles. The maximum atomic E-state index is 11.0. The summed E-state index contributed by atoms with van der Waals surface area (Å²) in [6.07, 6.45) is 0. The topological polar surface area (TPSA) is 39.6 Å². The van der Waals surface area contributed by atoms with E-state index < -0.39 is 0 Å². The van der Waals surface area contributed by atoms with Gasteiger partial charge in [-0.25, -0.2) is 4.98 Å². The second kappa shape index (κ2) is 9.56. The van der Waals surface area contributed by atoms with Crippen molar-refractivity contribution in [1.82, 2.24) is 14.8 Å². The third-order valence-corrected chi connectivity index (χ3v) is 6.68. The third kappa shape index (κ3) is 5.76. The summed E-state index contributed by atoms with van der Waals surface area (Å²) in [6.45, 7) is 21.8. The lowest BCUT2D eigenvalue weighted by atomic mass is 9.78. The Bertz CT molecular complexity index is 808. The minimum Gasteiger partial charge on any atom is -0.507 e. The van der Waals surface area contributed by atoms with Crippen LogP contribution in [0.4, 0.5) is 0 Å². The Balaban J connectivity index is 0.00000320. The number of hydrogen-bond acceptors (Lipinski definition) is 5. The molecule has 1 aromatic carbocycles. The molecule has 0 amide bonds. The summed E-state index contributed by atoms with van der Waals surface area (Å²) in [6, 6.07) is 4.26. The Kier molecular flexibility index (Phi) is 8.00. The molecule has 0 unspecified atom stereocenters. The van der Waals surface area contributed by atoms with Crippen LogP contribution in [0.3, 0.4) is 0 Å². The smallest absolute Gasteiger partial charge is 0.123 e. The van der Waals surface area contributed by atoms with Crippen LogP contribution >= 0.6 is 23.7 Å². The molecule has 1 aliphatic rings. The monoisotopic (exact) mass is 451 g/mol. The van der Waals surface area contributed by atoms with E-state index in [0.717, 1.165) is 61.7 Å². The highest BCUT2D eigenvalue weighted by Crippen LogP contribution is 2.42. The van der Waals surface area contributed by atoms with Crippen molar-refractivity contribution in [1.29, 1.82) is 0 Å². The van der Waals surface area contributed by atoms with Crippen molar-refractivity contribution in [3.63, 3.8) is 0 Å². The highest BCUT2D eigenvalue weighted by molar-refractivity contribution is 7.09. The number of piperazine rings is 1. The number of aromatic hydroxyl groups is 1. The van der Waals surface area contributed by atoms with E-state index in [9.17, 15) is 5.11 Å². The second-order valence-electron chi connectivity index (χ2n) is 10.3. The van der Waals surface area contributed by atoms with Gasteiger partial charge in [0.25, 0.3) is 0 Å². The summed E-state index contributed by atoms with van der Waals surface area (Å²) >= 11 is 1.75. The number of nitrogens with zero attached hydrogens (tertiary/aromatic N) is 3. The first-order valence-electron chi connectivity index (χ1n) is 10.8.